The van der Waals surface area contributed by atoms with Crippen molar-refractivity contribution in [3.63, 3.8) is 0 Å². The normalized spacial score (nSPS) is 10.2. The van der Waals surface area contributed by atoms with Crippen LogP contribution in [0, 0.1) is 10.5 Å². The number of aryl methyl sites for hydroxylation is 1. The largest absolute Gasteiger partial charge is 0.352 e. The van der Waals surface area contributed by atoms with Crippen molar-refractivity contribution in [1.29, 1.82) is 0 Å². The molecule has 142 valence electrons. The molecule has 0 radical (unpaired) electrons. The van der Waals surface area contributed by atoms with Crippen molar-refractivity contribution in [2.24, 2.45) is 0 Å². The first-order chi connectivity index (χ1) is 12.9. The van der Waals surface area contributed by atoms with E-state index >= 15 is 0 Å². The Labute approximate surface area is 178 Å². The number of rotatable bonds is 6. The summed E-state index contributed by atoms with van der Waals surface area (Å²) in [5.41, 5.74) is 2.83. The van der Waals surface area contributed by atoms with Crippen LogP contribution in [0.5, 0.6) is 0 Å². The Kier molecular flexibility index (Phi) is 8.18. The molecule has 2 rings (SSSR count). The zero-order valence-corrected chi connectivity index (χ0v) is 18.2. The highest BCUT2D eigenvalue weighted by Gasteiger charge is 2.10. The first kappa shape index (κ1) is 21.3. The van der Waals surface area contributed by atoms with E-state index < -0.39 is 0 Å². The lowest BCUT2D eigenvalue weighted by Gasteiger charge is -2.11. The first-order valence-electron chi connectivity index (χ1n) is 8.67. The summed E-state index contributed by atoms with van der Waals surface area (Å²) in [5, 5.41) is 8.66. The first-order valence-corrected chi connectivity index (χ1v) is 10.2. The van der Waals surface area contributed by atoms with E-state index in [1.807, 2.05) is 19.1 Å². The highest BCUT2D eigenvalue weighted by Crippen LogP contribution is 2.14. The van der Waals surface area contributed by atoms with Gasteiger partial charge in [0.25, 0.3) is 11.8 Å². The van der Waals surface area contributed by atoms with E-state index in [1.165, 1.54) is 0 Å². The van der Waals surface area contributed by atoms with Crippen molar-refractivity contribution in [2.75, 3.05) is 11.9 Å². The second-order valence-electron chi connectivity index (χ2n) is 6.06. The molecule has 27 heavy (non-hydrogen) atoms. The highest BCUT2D eigenvalue weighted by atomic mass is 127. The molecule has 5 nitrogen and oxygen atoms in total. The summed E-state index contributed by atoms with van der Waals surface area (Å²) in [4.78, 5) is 24.5. The average Bonchev–Trinajstić information content (AvgIpc) is 2.64. The van der Waals surface area contributed by atoms with Crippen LogP contribution >= 0.6 is 34.8 Å². The molecule has 0 saturated heterocycles. The SMILES string of the molecule is CCCCNC(=O)c1cccc(NC(=S)NC(=O)c2ccc(C)c(I)c2)c1. The van der Waals surface area contributed by atoms with Gasteiger partial charge in [-0.05, 0) is 84.0 Å². The Morgan fingerprint density at radius 1 is 1.07 bits per heavy atom. The van der Waals surface area contributed by atoms with E-state index in [2.05, 4.69) is 45.5 Å². The Morgan fingerprint density at radius 3 is 2.52 bits per heavy atom. The number of nitrogens with one attached hydrogen (secondary N) is 3. The van der Waals surface area contributed by atoms with Crippen molar-refractivity contribution < 1.29 is 9.59 Å². The van der Waals surface area contributed by atoms with Gasteiger partial charge in [-0.2, -0.15) is 0 Å². The fourth-order valence-electron chi connectivity index (χ4n) is 2.29. The lowest BCUT2D eigenvalue weighted by atomic mass is 10.1. The monoisotopic (exact) mass is 495 g/mol. The maximum Gasteiger partial charge on any atom is 0.257 e. The number of thiocarbonyl (C=S) groups is 1. The standard InChI is InChI=1S/C20H22IN3O2S/c1-3-4-10-22-18(25)14-6-5-7-16(11-14)23-20(27)24-19(26)15-9-8-13(2)17(21)12-15/h5-9,11-12H,3-4,10H2,1-2H3,(H,22,25)(H2,23,24,26,27). The maximum atomic E-state index is 12.3. The molecule has 0 atom stereocenters. The van der Waals surface area contributed by atoms with Crippen molar-refractivity contribution >= 4 is 57.4 Å². The molecule has 2 aromatic rings. The fourth-order valence-corrected chi connectivity index (χ4v) is 3.02. The quantitative estimate of drug-likeness (QED) is 0.318. The third-order valence-corrected chi connectivity index (χ3v) is 5.23. The van der Waals surface area contributed by atoms with Crippen LogP contribution in [0.3, 0.4) is 0 Å². The molecule has 7 heteroatoms. The van der Waals surface area contributed by atoms with Crippen molar-refractivity contribution in [3.8, 4) is 0 Å². The summed E-state index contributed by atoms with van der Waals surface area (Å²) in [5.74, 6) is -0.407. The van der Waals surface area contributed by atoms with Crippen LogP contribution in [0.25, 0.3) is 0 Å². The van der Waals surface area contributed by atoms with Crippen LogP contribution in [-0.2, 0) is 0 Å². The lowest BCUT2D eigenvalue weighted by Crippen LogP contribution is -2.34. The highest BCUT2D eigenvalue weighted by molar-refractivity contribution is 14.1. The zero-order valence-electron chi connectivity index (χ0n) is 15.3. The van der Waals surface area contributed by atoms with Crippen molar-refractivity contribution in [2.45, 2.75) is 26.7 Å². The predicted molar refractivity (Wildman–Crippen MR) is 121 cm³/mol. The summed E-state index contributed by atoms with van der Waals surface area (Å²) < 4.78 is 1.01. The molecule has 0 spiro atoms. The number of amides is 2. The van der Waals surface area contributed by atoms with E-state index in [9.17, 15) is 9.59 Å². The van der Waals surface area contributed by atoms with E-state index in [0.717, 1.165) is 22.0 Å². The summed E-state index contributed by atoms with van der Waals surface area (Å²) in [7, 11) is 0. The van der Waals surface area contributed by atoms with Gasteiger partial charge >= 0.3 is 0 Å². The molecule has 0 aliphatic rings. The minimum atomic E-state index is -0.279. The number of hydrogen-bond donors (Lipinski definition) is 3. The fraction of sp³-hybridized carbons (Fsp3) is 0.250. The van der Waals surface area contributed by atoms with Crippen LogP contribution < -0.4 is 16.0 Å². The van der Waals surface area contributed by atoms with Crippen LogP contribution in [0.15, 0.2) is 42.5 Å². The Hall–Kier alpha value is -2.00. The van der Waals surface area contributed by atoms with Gasteiger partial charge < -0.3 is 10.6 Å². The zero-order chi connectivity index (χ0) is 19.8. The molecular weight excluding hydrogens is 473 g/mol. The number of carbonyl (C=O) groups excluding carboxylic acids is 2. The van der Waals surface area contributed by atoms with Gasteiger partial charge in [0.2, 0.25) is 0 Å². The topological polar surface area (TPSA) is 70.2 Å². The second-order valence-corrected chi connectivity index (χ2v) is 7.63. The second kappa shape index (κ2) is 10.4. The molecule has 0 fully saturated rings. The van der Waals surface area contributed by atoms with Gasteiger partial charge in [-0.1, -0.05) is 25.5 Å². The summed E-state index contributed by atoms with van der Waals surface area (Å²) in [6.07, 6.45) is 1.97. The van der Waals surface area contributed by atoms with Gasteiger partial charge in [-0.3, -0.25) is 14.9 Å². The van der Waals surface area contributed by atoms with E-state index in [-0.39, 0.29) is 16.9 Å². The number of hydrogen-bond acceptors (Lipinski definition) is 3. The van der Waals surface area contributed by atoms with Crippen LogP contribution in [0.1, 0.15) is 46.0 Å². The number of carbonyl (C=O) groups is 2. The molecule has 0 unspecified atom stereocenters. The molecule has 0 heterocycles. The molecular formula is C20H22IN3O2S. The molecule has 2 aromatic carbocycles. The minimum absolute atomic E-state index is 0.128. The van der Waals surface area contributed by atoms with E-state index in [4.69, 9.17) is 12.2 Å². The van der Waals surface area contributed by atoms with Gasteiger partial charge in [0, 0.05) is 26.9 Å². The van der Waals surface area contributed by atoms with Gasteiger partial charge in [0.1, 0.15) is 0 Å². The van der Waals surface area contributed by atoms with Crippen molar-refractivity contribution in [3.05, 3.63) is 62.7 Å². The Bertz CT molecular complexity index is 855. The average molecular weight is 495 g/mol. The summed E-state index contributed by atoms with van der Waals surface area (Å²) in [6.45, 7) is 4.71. The van der Waals surface area contributed by atoms with Gasteiger partial charge in [0.05, 0.1) is 0 Å². The van der Waals surface area contributed by atoms with E-state index in [0.29, 0.717) is 23.4 Å². The lowest BCUT2D eigenvalue weighted by molar-refractivity contribution is 0.0950. The summed E-state index contributed by atoms with van der Waals surface area (Å²) >= 11 is 7.41. The molecule has 0 saturated carbocycles. The third kappa shape index (κ3) is 6.59. The Morgan fingerprint density at radius 2 is 1.81 bits per heavy atom. The number of unbranched alkanes of at least 4 members (excludes halogenated alkanes) is 1. The van der Waals surface area contributed by atoms with Gasteiger partial charge in [-0.15, -0.1) is 0 Å². The molecule has 3 N–H and O–H groups in total. The van der Waals surface area contributed by atoms with Crippen LogP contribution in [0.4, 0.5) is 5.69 Å². The number of benzene rings is 2. The predicted octanol–water partition coefficient (Wildman–Crippen LogP) is 4.26. The summed E-state index contributed by atoms with van der Waals surface area (Å²) in [6, 6.07) is 12.5. The smallest absolute Gasteiger partial charge is 0.257 e. The molecule has 0 bridgehead atoms. The Balaban J connectivity index is 1.97. The molecule has 0 aliphatic carbocycles. The van der Waals surface area contributed by atoms with Crippen LogP contribution in [0.2, 0.25) is 0 Å². The maximum absolute atomic E-state index is 12.3. The van der Waals surface area contributed by atoms with E-state index in [1.54, 1.807) is 30.3 Å². The van der Waals surface area contributed by atoms with Gasteiger partial charge in [0.15, 0.2) is 5.11 Å². The number of halogens is 1. The molecule has 2 amide bonds. The molecule has 0 aliphatic heterocycles. The minimum Gasteiger partial charge on any atom is -0.352 e. The van der Waals surface area contributed by atoms with Crippen molar-refractivity contribution in [1.82, 2.24) is 10.6 Å². The van der Waals surface area contributed by atoms with Crippen LogP contribution in [-0.4, -0.2) is 23.5 Å². The third-order valence-electron chi connectivity index (χ3n) is 3.86. The van der Waals surface area contributed by atoms with Gasteiger partial charge in [-0.25, -0.2) is 0 Å². The number of anilines is 1. The molecule has 0 aromatic heterocycles.